The summed E-state index contributed by atoms with van der Waals surface area (Å²) in [5, 5.41) is 10.2. The number of esters is 1. The van der Waals surface area contributed by atoms with Crippen molar-refractivity contribution < 1.29 is 19.4 Å². The van der Waals surface area contributed by atoms with Crippen LogP contribution in [0.4, 0.5) is 0 Å². The van der Waals surface area contributed by atoms with Gasteiger partial charge in [0.25, 0.3) is 5.91 Å². The average molecular weight is 301 g/mol. The molecule has 0 aromatic heterocycles. The van der Waals surface area contributed by atoms with Crippen LogP contribution in [0, 0.1) is 0 Å². The fraction of sp³-hybridized carbons (Fsp3) is 0.333. The van der Waals surface area contributed by atoms with Gasteiger partial charge in [-0.2, -0.15) is 4.99 Å². The van der Waals surface area contributed by atoms with E-state index in [1.807, 2.05) is 0 Å². The number of aliphatic imine (C=N–C) groups is 2. The van der Waals surface area contributed by atoms with E-state index in [0.29, 0.717) is 5.84 Å². The molecule has 0 radical (unpaired) electrons. The lowest BCUT2D eigenvalue weighted by Gasteiger charge is -2.33. The largest absolute Gasteiger partial charge is 0.511 e. The average Bonchev–Trinajstić information content (AvgIpc) is 2.95. The van der Waals surface area contributed by atoms with Crippen molar-refractivity contribution in [3.05, 3.63) is 35.8 Å². The highest BCUT2D eigenvalue weighted by Gasteiger charge is 2.60. The summed E-state index contributed by atoms with van der Waals surface area (Å²) in [5.74, 6) is -0.876. The quantitative estimate of drug-likeness (QED) is 0.765. The zero-order valence-corrected chi connectivity index (χ0v) is 12.2. The van der Waals surface area contributed by atoms with Crippen LogP contribution in [-0.2, 0) is 14.3 Å². The Morgan fingerprint density at radius 2 is 2.32 bits per heavy atom. The van der Waals surface area contributed by atoms with Crippen molar-refractivity contribution in [2.24, 2.45) is 9.98 Å². The van der Waals surface area contributed by atoms with Gasteiger partial charge in [-0.15, -0.1) is 0 Å². The molecule has 0 aromatic rings. The molecule has 22 heavy (non-hydrogen) atoms. The van der Waals surface area contributed by atoms with Gasteiger partial charge in [0.05, 0.1) is 12.3 Å². The lowest BCUT2D eigenvalue weighted by atomic mass is 9.90. The number of hydrogen-bond acceptors (Lipinski definition) is 6. The summed E-state index contributed by atoms with van der Waals surface area (Å²) in [7, 11) is 1.48. The number of amidine groups is 1. The predicted octanol–water partition coefficient (Wildman–Crippen LogP) is 0.899. The summed E-state index contributed by atoms with van der Waals surface area (Å²) in [6.07, 6.45) is 6.85. The Morgan fingerprint density at radius 1 is 1.55 bits per heavy atom. The first-order chi connectivity index (χ1) is 10.6. The van der Waals surface area contributed by atoms with Crippen molar-refractivity contribution in [1.82, 2.24) is 4.90 Å². The number of aliphatic hydroxyl groups excluding tert-OH is 1. The molecule has 1 amide bonds. The molecule has 1 aliphatic carbocycles. The number of carbonyl (C=O) groups excluding carboxylic acids is 2. The first-order valence-corrected chi connectivity index (χ1v) is 6.90. The van der Waals surface area contributed by atoms with Gasteiger partial charge in [0.15, 0.2) is 5.54 Å². The van der Waals surface area contributed by atoms with E-state index in [-0.39, 0.29) is 30.1 Å². The molecule has 2 heterocycles. The number of hydrogen-bond donors (Lipinski definition) is 1. The molecule has 0 aromatic carbocycles. The Morgan fingerprint density at radius 3 is 3.00 bits per heavy atom. The molecular weight excluding hydrogens is 286 g/mol. The van der Waals surface area contributed by atoms with E-state index >= 15 is 0 Å². The Balaban J connectivity index is 2.08. The molecule has 7 heteroatoms. The maximum absolute atomic E-state index is 12.5. The molecule has 0 unspecified atom stereocenters. The van der Waals surface area contributed by atoms with E-state index in [1.165, 1.54) is 7.05 Å². The maximum Gasteiger partial charge on any atom is 0.343 e. The minimum Gasteiger partial charge on any atom is -0.511 e. The fourth-order valence-electron chi connectivity index (χ4n) is 3.00. The van der Waals surface area contributed by atoms with Crippen molar-refractivity contribution in [2.75, 3.05) is 13.7 Å². The molecule has 0 bridgehead atoms. The number of rotatable bonds is 2. The topological polar surface area (TPSA) is 91.6 Å². The van der Waals surface area contributed by atoms with Gasteiger partial charge in [0.1, 0.15) is 17.2 Å². The van der Waals surface area contributed by atoms with Crippen LogP contribution in [0.15, 0.2) is 45.7 Å². The summed E-state index contributed by atoms with van der Waals surface area (Å²) < 4.78 is 4.97. The smallest absolute Gasteiger partial charge is 0.343 e. The van der Waals surface area contributed by atoms with Crippen molar-refractivity contribution in [2.45, 2.75) is 18.9 Å². The number of aliphatic hydroxyl groups is 1. The monoisotopic (exact) mass is 301 g/mol. The Kier molecular flexibility index (Phi) is 3.20. The molecule has 0 saturated heterocycles. The highest BCUT2D eigenvalue weighted by Crippen LogP contribution is 2.42. The zero-order chi connectivity index (χ0) is 15.9. The van der Waals surface area contributed by atoms with Crippen LogP contribution in [-0.4, -0.2) is 52.6 Å². The van der Waals surface area contributed by atoms with E-state index in [2.05, 4.69) is 9.98 Å². The Bertz CT molecular complexity index is 714. The lowest BCUT2D eigenvalue weighted by molar-refractivity contribution is -0.138. The molecule has 3 aliphatic rings. The first kappa shape index (κ1) is 14.2. The van der Waals surface area contributed by atoms with Crippen LogP contribution >= 0.6 is 0 Å². The third-order valence-electron chi connectivity index (χ3n) is 3.86. The maximum atomic E-state index is 12.5. The van der Waals surface area contributed by atoms with Crippen molar-refractivity contribution >= 4 is 23.4 Å². The second kappa shape index (κ2) is 4.94. The second-order valence-corrected chi connectivity index (χ2v) is 5.00. The SMILES string of the molecule is CCOC(=O)C1=C(O)C[C@]2(C(=O)N=C3C=CC=CN32)C1=NC. The van der Waals surface area contributed by atoms with Crippen LogP contribution in [0.5, 0.6) is 0 Å². The van der Waals surface area contributed by atoms with Gasteiger partial charge < -0.3 is 14.7 Å². The van der Waals surface area contributed by atoms with Crippen molar-refractivity contribution in [3.8, 4) is 0 Å². The number of allylic oxidation sites excluding steroid dienone is 2. The zero-order valence-electron chi connectivity index (χ0n) is 12.2. The third kappa shape index (κ3) is 1.68. The summed E-state index contributed by atoms with van der Waals surface area (Å²) in [6, 6.07) is 0. The number of nitrogens with zero attached hydrogens (tertiary/aromatic N) is 3. The highest BCUT2D eigenvalue weighted by atomic mass is 16.5. The van der Waals surface area contributed by atoms with E-state index in [1.54, 1.807) is 36.3 Å². The standard InChI is InChI=1S/C15H15N3O4/c1-3-22-13(20)11-9(19)8-15(12(11)16-2)14(21)17-10-6-4-5-7-18(10)15/h4-7,19H,3,8H2,1-2H3/t15-/m1/s1. The number of amides is 1. The summed E-state index contributed by atoms with van der Waals surface area (Å²) >= 11 is 0. The second-order valence-electron chi connectivity index (χ2n) is 5.00. The molecule has 2 aliphatic heterocycles. The number of ether oxygens (including phenoxy) is 1. The van der Waals surface area contributed by atoms with Crippen LogP contribution in [0.25, 0.3) is 0 Å². The van der Waals surface area contributed by atoms with Crippen LogP contribution in [0.1, 0.15) is 13.3 Å². The normalized spacial score (nSPS) is 27.9. The molecule has 3 rings (SSSR count). The third-order valence-corrected chi connectivity index (χ3v) is 3.86. The molecule has 1 spiro atoms. The van der Waals surface area contributed by atoms with Gasteiger partial charge in [-0.25, -0.2) is 4.79 Å². The molecule has 0 saturated carbocycles. The van der Waals surface area contributed by atoms with Gasteiger partial charge in [-0.1, -0.05) is 6.08 Å². The van der Waals surface area contributed by atoms with Gasteiger partial charge in [0.2, 0.25) is 0 Å². The molecular formula is C15H15N3O4. The van der Waals surface area contributed by atoms with E-state index in [0.717, 1.165) is 0 Å². The Hall–Kier alpha value is -2.70. The fourth-order valence-corrected chi connectivity index (χ4v) is 3.00. The van der Waals surface area contributed by atoms with Gasteiger partial charge in [-0.05, 0) is 19.1 Å². The highest BCUT2D eigenvalue weighted by molar-refractivity contribution is 6.36. The summed E-state index contributed by atoms with van der Waals surface area (Å²) in [4.78, 5) is 34.4. The number of carbonyl (C=O) groups is 2. The molecule has 7 nitrogen and oxygen atoms in total. The van der Waals surface area contributed by atoms with Crippen LogP contribution < -0.4 is 0 Å². The molecule has 114 valence electrons. The lowest BCUT2D eigenvalue weighted by Crippen LogP contribution is -2.54. The molecule has 1 N–H and O–H groups in total. The van der Waals surface area contributed by atoms with Crippen LogP contribution in [0.3, 0.4) is 0 Å². The minimum absolute atomic E-state index is 0.0443. The molecule has 1 atom stereocenters. The van der Waals surface area contributed by atoms with E-state index in [9.17, 15) is 14.7 Å². The minimum atomic E-state index is -1.29. The van der Waals surface area contributed by atoms with E-state index < -0.39 is 17.4 Å². The number of fused-ring (bicyclic) bond motifs is 2. The van der Waals surface area contributed by atoms with Gasteiger partial charge >= 0.3 is 5.97 Å². The van der Waals surface area contributed by atoms with Crippen molar-refractivity contribution in [1.29, 1.82) is 0 Å². The van der Waals surface area contributed by atoms with Gasteiger partial charge in [0, 0.05) is 19.7 Å². The Labute approximate surface area is 127 Å². The van der Waals surface area contributed by atoms with Gasteiger partial charge in [-0.3, -0.25) is 9.79 Å². The predicted molar refractivity (Wildman–Crippen MR) is 79.6 cm³/mol. The van der Waals surface area contributed by atoms with Crippen LogP contribution in [0.2, 0.25) is 0 Å². The van der Waals surface area contributed by atoms with Crippen molar-refractivity contribution in [3.63, 3.8) is 0 Å². The first-order valence-electron chi connectivity index (χ1n) is 6.90. The van der Waals surface area contributed by atoms with E-state index in [4.69, 9.17) is 4.74 Å². The summed E-state index contributed by atoms with van der Waals surface area (Å²) in [6.45, 7) is 1.84. The molecule has 0 fully saturated rings. The summed E-state index contributed by atoms with van der Waals surface area (Å²) in [5.41, 5.74) is -1.15.